The van der Waals surface area contributed by atoms with E-state index in [0.29, 0.717) is 31.2 Å². The number of alkyl halides is 1. The first-order chi connectivity index (χ1) is 15.0. The molecular weight excluding hydrogens is 413 g/mol. The number of hydrogen-bond donors (Lipinski definition) is 1. The highest BCUT2D eigenvalue weighted by molar-refractivity contribution is 5.91. The highest BCUT2D eigenvalue weighted by Crippen LogP contribution is 2.15. The Balaban J connectivity index is 0.00000220. The van der Waals surface area contributed by atoms with Crippen LogP contribution in [-0.2, 0) is 14.3 Å². The van der Waals surface area contributed by atoms with Crippen LogP contribution < -0.4 is 0 Å². The smallest absolute Gasteiger partial charge is 0.300 e. The Labute approximate surface area is 194 Å². The van der Waals surface area contributed by atoms with Crippen molar-refractivity contribution < 1.29 is 23.8 Å². The van der Waals surface area contributed by atoms with Crippen LogP contribution in [0.3, 0.4) is 0 Å². The Morgan fingerprint density at radius 3 is 2.16 bits per heavy atom. The lowest BCUT2D eigenvalue weighted by atomic mass is 10.1. The van der Waals surface area contributed by atoms with E-state index in [1.807, 2.05) is 25.7 Å². The monoisotopic (exact) mass is 459 g/mol. The average molecular weight is 460 g/mol. The Bertz CT molecular complexity index is 559. The molecule has 32 heavy (non-hydrogen) atoms. The van der Waals surface area contributed by atoms with Gasteiger partial charge in [-0.05, 0) is 66.5 Å². The largest absolute Gasteiger partial charge is 0.484 e. The fourth-order valence-electron chi connectivity index (χ4n) is 3.75. The zero-order chi connectivity index (χ0) is 24.7. The highest BCUT2D eigenvalue weighted by atomic mass is 19.1. The van der Waals surface area contributed by atoms with Gasteiger partial charge in [0.2, 0.25) is 0 Å². The van der Waals surface area contributed by atoms with E-state index in [9.17, 15) is 9.18 Å². The summed E-state index contributed by atoms with van der Waals surface area (Å²) in [5.41, 5.74) is 0. The molecule has 1 aliphatic rings. The van der Waals surface area contributed by atoms with Gasteiger partial charge in [-0.15, -0.1) is 0 Å². The second-order valence-corrected chi connectivity index (χ2v) is 8.54. The summed E-state index contributed by atoms with van der Waals surface area (Å²) < 4.78 is 19.3. The van der Waals surface area contributed by atoms with Crippen molar-refractivity contribution in [3.8, 4) is 0 Å². The van der Waals surface area contributed by atoms with Gasteiger partial charge in [0, 0.05) is 52.2 Å². The number of amides is 1. The van der Waals surface area contributed by atoms with Crippen LogP contribution in [-0.4, -0.2) is 95.8 Å². The van der Waals surface area contributed by atoms with Crippen LogP contribution in [0.4, 0.5) is 4.39 Å². The third-order valence-corrected chi connectivity index (χ3v) is 5.51. The maximum absolute atomic E-state index is 13.3. The molecule has 0 aromatic carbocycles. The molecule has 0 aromatic rings. The molecule has 0 saturated carbocycles. The minimum absolute atomic E-state index is 0.0353. The molecule has 1 rings (SSSR count). The van der Waals surface area contributed by atoms with Crippen molar-refractivity contribution in [1.82, 2.24) is 14.7 Å². The van der Waals surface area contributed by atoms with Gasteiger partial charge in [0.1, 0.15) is 12.3 Å². The van der Waals surface area contributed by atoms with Gasteiger partial charge in [0.05, 0.1) is 0 Å². The SMILES string of the molecule is C/C=C(\OC(C)CN1CCC(F)CC1)C(=O)N(CC)CCCN(CC)C(C)C.CC(=O)O. The topological polar surface area (TPSA) is 73.3 Å². The Kier molecular flexibility index (Phi) is 16.0. The molecule has 0 bridgehead atoms. The van der Waals surface area contributed by atoms with E-state index >= 15 is 0 Å². The number of halogens is 1. The van der Waals surface area contributed by atoms with E-state index in [1.54, 1.807) is 6.08 Å². The molecule has 1 unspecified atom stereocenters. The van der Waals surface area contributed by atoms with Gasteiger partial charge in [-0.1, -0.05) is 6.92 Å². The predicted molar refractivity (Wildman–Crippen MR) is 127 cm³/mol. The molecule has 1 N–H and O–H groups in total. The Morgan fingerprint density at radius 2 is 1.72 bits per heavy atom. The summed E-state index contributed by atoms with van der Waals surface area (Å²) in [6.07, 6.45) is 3.14. The molecule has 1 saturated heterocycles. The number of aliphatic carboxylic acids is 1. The van der Waals surface area contributed by atoms with Crippen LogP contribution in [0.2, 0.25) is 0 Å². The number of allylic oxidation sites excluding steroid dienone is 1. The van der Waals surface area contributed by atoms with Gasteiger partial charge in [-0.2, -0.15) is 0 Å². The fourth-order valence-corrected chi connectivity index (χ4v) is 3.75. The number of rotatable bonds is 12. The van der Waals surface area contributed by atoms with Gasteiger partial charge in [0.25, 0.3) is 11.9 Å². The average Bonchev–Trinajstić information content (AvgIpc) is 2.72. The van der Waals surface area contributed by atoms with Crippen LogP contribution in [0.1, 0.15) is 67.7 Å². The molecular formula is C24H46FN3O4. The highest BCUT2D eigenvalue weighted by Gasteiger charge is 2.23. The van der Waals surface area contributed by atoms with E-state index in [-0.39, 0.29) is 12.0 Å². The van der Waals surface area contributed by atoms with E-state index in [1.165, 1.54) is 0 Å². The lowest BCUT2D eigenvalue weighted by molar-refractivity contribution is -0.134. The van der Waals surface area contributed by atoms with Crippen LogP contribution in [0.15, 0.2) is 11.8 Å². The Morgan fingerprint density at radius 1 is 1.16 bits per heavy atom. The second-order valence-electron chi connectivity index (χ2n) is 8.54. The lowest BCUT2D eigenvalue weighted by Gasteiger charge is -2.31. The van der Waals surface area contributed by atoms with Crippen molar-refractivity contribution in [2.45, 2.75) is 86.0 Å². The first-order valence-corrected chi connectivity index (χ1v) is 12.0. The number of piperidine rings is 1. The minimum Gasteiger partial charge on any atom is -0.484 e. The van der Waals surface area contributed by atoms with E-state index < -0.39 is 12.1 Å². The van der Waals surface area contributed by atoms with Crippen molar-refractivity contribution in [3.05, 3.63) is 11.8 Å². The van der Waals surface area contributed by atoms with Crippen LogP contribution in [0, 0.1) is 0 Å². The summed E-state index contributed by atoms with van der Waals surface area (Å²) in [4.78, 5) is 28.4. The van der Waals surface area contributed by atoms with Crippen molar-refractivity contribution in [1.29, 1.82) is 0 Å². The van der Waals surface area contributed by atoms with Crippen molar-refractivity contribution in [3.63, 3.8) is 0 Å². The summed E-state index contributed by atoms with van der Waals surface area (Å²) in [5, 5.41) is 7.42. The summed E-state index contributed by atoms with van der Waals surface area (Å²) in [7, 11) is 0. The van der Waals surface area contributed by atoms with E-state index in [4.69, 9.17) is 14.6 Å². The van der Waals surface area contributed by atoms with Crippen LogP contribution in [0.5, 0.6) is 0 Å². The molecule has 0 radical (unpaired) electrons. The Hall–Kier alpha value is -1.67. The van der Waals surface area contributed by atoms with Crippen molar-refractivity contribution in [2.24, 2.45) is 0 Å². The van der Waals surface area contributed by atoms with Crippen LogP contribution in [0.25, 0.3) is 0 Å². The van der Waals surface area contributed by atoms with Gasteiger partial charge < -0.3 is 19.6 Å². The summed E-state index contributed by atoms with van der Waals surface area (Å²) in [6, 6.07) is 0.522. The van der Waals surface area contributed by atoms with Gasteiger partial charge in [-0.25, -0.2) is 4.39 Å². The molecule has 0 aromatic heterocycles. The van der Waals surface area contributed by atoms with Crippen LogP contribution >= 0.6 is 0 Å². The number of likely N-dealkylation sites (N-methyl/N-ethyl adjacent to an activating group) is 1. The minimum atomic E-state index is -0.833. The van der Waals surface area contributed by atoms with Crippen molar-refractivity contribution in [2.75, 3.05) is 45.8 Å². The molecule has 1 atom stereocenters. The number of carbonyl (C=O) groups excluding carboxylic acids is 1. The number of carboxylic acids is 1. The number of likely N-dealkylation sites (tertiary alicyclic amines) is 1. The van der Waals surface area contributed by atoms with Crippen molar-refractivity contribution >= 4 is 11.9 Å². The number of ether oxygens (including phenoxy) is 1. The normalized spacial score (nSPS) is 16.5. The standard InChI is InChI=1S/C22H42FN3O2.C2H4O2/c1-7-21(28-19(6)17-24-15-11-20(23)12-16-24)22(27)26(9-3)14-10-13-25(8-2)18(4)5;1-2(3)4/h7,18-20H,8-17H2,1-6H3;1H3,(H,3,4)/b21-7-;. The predicted octanol–water partition coefficient (Wildman–Crippen LogP) is 3.79. The zero-order valence-corrected chi connectivity index (χ0v) is 21.3. The van der Waals surface area contributed by atoms with E-state index in [2.05, 4.69) is 30.6 Å². The molecule has 188 valence electrons. The molecule has 0 spiro atoms. The molecule has 0 aliphatic carbocycles. The zero-order valence-electron chi connectivity index (χ0n) is 21.3. The second kappa shape index (κ2) is 16.9. The number of nitrogens with zero attached hydrogens (tertiary/aromatic N) is 3. The first-order valence-electron chi connectivity index (χ1n) is 12.0. The molecule has 8 heteroatoms. The lowest BCUT2D eigenvalue weighted by Crippen LogP contribution is -2.41. The number of carbonyl (C=O) groups is 2. The first kappa shape index (κ1) is 30.3. The number of hydrogen-bond acceptors (Lipinski definition) is 5. The molecule has 1 amide bonds. The molecule has 1 heterocycles. The summed E-state index contributed by atoms with van der Waals surface area (Å²) in [5.74, 6) is -0.446. The van der Waals surface area contributed by atoms with E-state index in [0.717, 1.165) is 52.6 Å². The maximum Gasteiger partial charge on any atom is 0.300 e. The summed E-state index contributed by atoms with van der Waals surface area (Å²) >= 11 is 0. The maximum atomic E-state index is 13.3. The third-order valence-electron chi connectivity index (χ3n) is 5.51. The molecule has 1 aliphatic heterocycles. The third kappa shape index (κ3) is 13.0. The molecule has 1 fully saturated rings. The molecule has 7 nitrogen and oxygen atoms in total. The quantitative estimate of drug-likeness (QED) is 0.354. The fraction of sp³-hybridized carbons (Fsp3) is 0.833. The van der Waals surface area contributed by atoms with Gasteiger partial charge in [-0.3, -0.25) is 14.5 Å². The summed E-state index contributed by atoms with van der Waals surface area (Å²) in [6.45, 7) is 19.2. The van der Waals surface area contributed by atoms with Gasteiger partial charge in [0.15, 0.2) is 5.76 Å². The van der Waals surface area contributed by atoms with Gasteiger partial charge >= 0.3 is 0 Å². The number of carboxylic acid groups (broad SMARTS) is 1.